The number of hydrogen-bond donors (Lipinski definition) is 0. The Morgan fingerprint density at radius 2 is 2.00 bits per heavy atom. The molecule has 0 radical (unpaired) electrons. The Balaban J connectivity index is 1.98. The Labute approximate surface area is 176 Å². The molecular formula is C21H21ClF3N3O2. The van der Waals surface area contributed by atoms with Crippen molar-refractivity contribution in [2.75, 3.05) is 0 Å². The van der Waals surface area contributed by atoms with Crippen molar-refractivity contribution in [3.63, 3.8) is 0 Å². The maximum Gasteiger partial charge on any atom is 0.387 e. The first kappa shape index (κ1) is 20.8. The van der Waals surface area contributed by atoms with E-state index in [4.69, 9.17) is 11.6 Å². The highest BCUT2D eigenvalue weighted by molar-refractivity contribution is 6.33. The van der Waals surface area contributed by atoms with E-state index < -0.39 is 18.2 Å². The second-order valence-corrected chi connectivity index (χ2v) is 8.09. The van der Waals surface area contributed by atoms with Crippen LogP contribution >= 0.6 is 11.6 Å². The zero-order valence-corrected chi connectivity index (χ0v) is 17.5. The average Bonchev–Trinajstić information content (AvgIpc) is 3.46. The molecule has 1 aromatic carbocycles. The largest absolute Gasteiger partial charge is 0.432 e. The zero-order valence-electron chi connectivity index (χ0n) is 16.8. The topological polar surface area (TPSA) is 48.5 Å². The minimum absolute atomic E-state index is 0.0281. The average molecular weight is 440 g/mol. The fraction of sp³-hybridized carbons (Fsp3) is 0.429. The van der Waals surface area contributed by atoms with E-state index >= 15 is 0 Å². The number of benzene rings is 1. The highest BCUT2D eigenvalue weighted by Crippen LogP contribution is 2.40. The monoisotopic (exact) mass is 439 g/mol. The van der Waals surface area contributed by atoms with Gasteiger partial charge in [0.25, 0.3) is 5.56 Å². The SMILES string of the molecule is CCC(C)c1cc(C)n2nc(-c3cc(F)c(OC(F)F)cc3Cl)n(C3CC3)c(=O)c12. The van der Waals surface area contributed by atoms with Crippen LogP contribution in [0.3, 0.4) is 0 Å². The van der Waals surface area contributed by atoms with E-state index in [1.54, 1.807) is 9.08 Å². The predicted molar refractivity (Wildman–Crippen MR) is 108 cm³/mol. The Morgan fingerprint density at radius 1 is 1.30 bits per heavy atom. The van der Waals surface area contributed by atoms with Crippen LogP contribution in [0, 0.1) is 12.7 Å². The van der Waals surface area contributed by atoms with Crippen LogP contribution in [0.25, 0.3) is 16.9 Å². The normalized spacial score (nSPS) is 15.2. The number of hydrogen-bond acceptors (Lipinski definition) is 3. The molecule has 2 aromatic heterocycles. The number of aryl methyl sites for hydroxylation is 1. The van der Waals surface area contributed by atoms with Crippen LogP contribution < -0.4 is 10.3 Å². The minimum Gasteiger partial charge on any atom is -0.432 e. The van der Waals surface area contributed by atoms with Crippen molar-refractivity contribution in [2.24, 2.45) is 0 Å². The van der Waals surface area contributed by atoms with Crippen LogP contribution in [0.5, 0.6) is 5.75 Å². The highest BCUT2D eigenvalue weighted by Gasteiger charge is 2.31. The summed E-state index contributed by atoms with van der Waals surface area (Å²) in [5.74, 6) is -1.28. The number of fused-ring (bicyclic) bond motifs is 1. The lowest BCUT2D eigenvalue weighted by molar-refractivity contribution is -0.0521. The molecule has 1 unspecified atom stereocenters. The van der Waals surface area contributed by atoms with E-state index in [0.29, 0.717) is 5.52 Å². The van der Waals surface area contributed by atoms with Crippen LogP contribution in [-0.4, -0.2) is 20.8 Å². The van der Waals surface area contributed by atoms with Crippen molar-refractivity contribution < 1.29 is 17.9 Å². The van der Waals surface area contributed by atoms with Crippen LogP contribution in [-0.2, 0) is 0 Å². The fourth-order valence-electron chi connectivity index (χ4n) is 3.69. The molecule has 4 rings (SSSR count). The maximum atomic E-state index is 14.4. The zero-order chi connectivity index (χ0) is 21.7. The summed E-state index contributed by atoms with van der Waals surface area (Å²) in [4.78, 5) is 13.5. The molecule has 160 valence electrons. The molecule has 1 saturated carbocycles. The molecule has 5 nitrogen and oxygen atoms in total. The molecule has 1 aliphatic carbocycles. The van der Waals surface area contributed by atoms with Crippen molar-refractivity contribution >= 4 is 17.1 Å². The van der Waals surface area contributed by atoms with Gasteiger partial charge in [0.2, 0.25) is 0 Å². The van der Waals surface area contributed by atoms with Crippen LogP contribution in [0.15, 0.2) is 23.0 Å². The van der Waals surface area contributed by atoms with Gasteiger partial charge in [-0.2, -0.15) is 8.78 Å². The number of ether oxygens (including phenoxy) is 1. The molecule has 0 saturated heterocycles. The van der Waals surface area contributed by atoms with Gasteiger partial charge in [0.1, 0.15) is 5.52 Å². The molecule has 0 N–H and O–H groups in total. The van der Waals surface area contributed by atoms with Crippen molar-refractivity contribution in [3.8, 4) is 17.1 Å². The molecule has 0 bridgehead atoms. The van der Waals surface area contributed by atoms with E-state index in [0.717, 1.165) is 42.7 Å². The number of halogens is 4. The smallest absolute Gasteiger partial charge is 0.387 e. The van der Waals surface area contributed by atoms with Gasteiger partial charge in [-0.1, -0.05) is 25.4 Å². The summed E-state index contributed by atoms with van der Waals surface area (Å²) in [5, 5.41) is 4.61. The first-order valence-corrected chi connectivity index (χ1v) is 10.2. The second-order valence-electron chi connectivity index (χ2n) is 7.68. The third-order valence-electron chi connectivity index (χ3n) is 5.56. The summed E-state index contributed by atoms with van der Waals surface area (Å²) in [6, 6.07) is 3.86. The van der Waals surface area contributed by atoms with E-state index in [1.165, 1.54) is 0 Å². The first-order chi connectivity index (χ1) is 14.2. The summed E-state index contributed by atoms with van der Waals surface area (Å²) >= 11 is 6.28. The highest BCUT2D eigenvalue weighted by atomic mass is 35.5. The molecular weight excluding hydrogens is 419 g/mol. The quantitative estimate of drug-likeness (QED) is 0.494. The third-order valence-corrected chi connectivity index (χ3v) is 5.87. The molecule has 0 amide bonds. The molecule has 1 fully saturated rings. The number of alkyl halides is 2. The minimum atomic E-state index is -3.18. The van der Waals surface area contributed by atoms with Crippen LogP contribution in [0.1, 0.15) is 56.3 Å². The van der Waals surface area contributed by atoms with Gasteiger partial charge < -0.3 is 4.74 Å². The van der Waals surface area contributed by atoms with Crippen molar-refractivity contribution in [3.05, 3.63) is 50.7 Å². The van der Waals surface area contributed by atoms with E-state index in [2.05, 4.69) is 23.7 Å². The molecule has 0 spiro atoms. The summed E-state index contributed by atoms with van der Waals surface area (Å²) in [7, 11) is 0. The summed E-state index contributed by atoms with van der Waals surface area (Å²) in [6.45, 7) is 2.77. The Bertz CT molecular complexity index is 1180. The lowest BCUT2D eigenvalue weighted by atomic mass is 10.00. The molecule has 1 aliphatic rings. The molecule has 0 aliphatic heterocycles. The Kier molecular flexibility index (Phi) is 5.30. The maximum absolute atomic E-state index is 14.4. The molecule has 9 heteroatoms. The lowest BCUT2D eigenvalue weighted by Crippen LogP contribution is -2.26. The summed E-state index contributed by atoms with van der Waals surface area (Å²) in [5.41, 5.74) is 2.14. The lowest BCUT2D eigenvalue weighted by Gasteiger charge is -2.16. The summed E-state index contributed by atoms with van der Waals surface area (Å²) in [6.07, 6.45) is 2.47. The van der Waals surface area contributed by atoms with Crippen LogP contribution in [0.2, 0.25) is 5.02 Å². The second kappa shape index (κ2) is 7.65. The van der Waals surface area contributed by atoms with Gasteiger partial charge in [-0.25, -0.2) is 8.91 Å². The summed E-state index contributed by atoms with van der Waals surface area (Å²) < 4.78 is 46.7. The van der Waals surface area contributed by atoms with E-state index in [9.17, 15) is 18.0 Å². The van der Waals surface area contributed by atoms with Crippen LogP contribution in [0.4, 0.5) is 13.2 Å². The standard InChI is InChI=1S/C21H21ClF3N3O2/c1-4-10(2)13-7-11(3)28-18(13)20(29)27(12-5-6-12)19(26-28)14-8-16(23)17(9-15(14)22)30-21(24)25/h7-10,12,21H,4-6H2,1-3H3. The van der Waals surface area contributed by atoms with Crippen molar-refractivity contribution in [2.45, 2.75) is 58.6 Å². The Morgan fingerprint density at radius 3 is 2.60 bits per heavy atom. The molecule has 30 heavy (non-hydrogen) atoms. The van der Waals surface area contributed by atoms with Crippen molar-refractivity contribution in [1.29, 1.82) is 0 Å². The number of nitrogens with zero attached hydrogens (tertiary/aromatic N) is 3. The van der Waals surface area contributed by atoms with Gasteiger partial charge in [-0.15, -0.1) is 5.10 Å². The van der Waals surface area contributed by atoms with E-state index in [-0.39, 0.29) is 33.9 Å². The van der Waals surface area contributed by atoms with Gasteiger partial charge in [0.15, 0.2) is 17.4 Å². The Hall–Kier alpha value is -2.48. The van der Waals surface area contributed by atoms with Gasteiger partial charge >= 0.3 is 6.61 Å². The first-order valence-electron chi connectivity index (χ1n) is 9.81. The van der Waals surface area contributed by atoms with Gasteiger partial charge in [0, 0.05) is 23.4 Å². The fourth-order valence-corrected chi connectivity index (χ4v) is 3.92. The predicted octanol–water partition coefficient (Wildman–Crippen LogP) is 5.71. The van der Waals surface area contributed by atoms with Gasteiger partial charge in [0.05, 0.1) is 5.02 Å². The molecule has 3 aromatic rings. The van der Waals surface area contributed by atoms with E-state index in [1.807, 2.05) is 13.0 Å². The number of rotatable bonds is 6. The third kappa shape index (κ3) is 3.47. The van der Waals surface area contributed by atoms with Gasteiger partial charge in [-0.05, 0) is 49.8 Å². The number of aromatic nitrogens is 3. The molecule has 1 atom stereocenters. The molecule has 2 heterocycles. The van der Waals surface area contributed by atoms with Crippen molar-refractivity contribution in [1.82, 2.24) is 14.2 Å². The van der Waals surface area contributed by atoms with Gasteiger partial charge in [-0.3, -0.25) is 9.36 Å².